The number of nitrogens with two attached hydrogens (primary N) is 1. The van der Waals surface area contributed by atoms with Crippen molar-refractivity contribution in [3.63, 3.8) is 0 Å². The zero-order valence-electron chi connectivity index (χ0n) is 21.2. The smallest absolute Gasteiger partial charge is 0.404 e. The van der Waals surface area contributed by atoms with Gasteiger partial charge in [-0.25, -0.2) is 17.6 Å². The van der Waals surface area contributed by atoms with Gasteiger partial charge in [0.05, 0.1) is 10.6 Å². The molecule has 3 aromatic carbocycles. The van der Waals surface area contributed by atoms with Gasteiger partial charge in [-0.3, -0.25) is 4.31 Å². The van der Waals surface area contributed by atoms with Gasteiger partial charge in [0.15, 0.2) is 0 Å². The molecule has 0 unspecified atom stereocenters. The number of ether oxygens (including phenoxy) is 1. The van der Waals surface area contributed by atoms with Crippen LogP contribution >= 0.6 is 0 Å². The summed E-state index contributed by atoms with van der Waals surface area (Å²) in [5, 5.41) is 11.2. The molecule has 3 N–H and O–H groups in total. The van der Waals surface area contributed by atoms with Crippen LogP contribution in [-0.2, 0) is 27.6 Å². The summed E-state index contributed by atoms with van der Waals surface area (Å²) in [6.45, 7) is 5.72. The van der Waals surface area contributed by atoms with Crippen LogP contribution in [0.15, 0.2) is 77.7 Å². The summed E-state index contributed by atoms with van der Waals surface area (Å²) >= 11 is 0. The van der Waals surface area contributed by atoms with E-state index < -0.39 is 28.0 Å². The molecule has 1 amide bonds. The number of phenolic OH excluding ortho intramolecular Hbond substituents is 1. The highest BCUT2D eigenvalue weighted by atomic mass is 32.2. The van der Waals surface area contributed by atoms with Crippen molar-refractivity contribution < 1.29 is 27.4 Å². The van der Waals surface area contributed by atoms with Crippen molar-refractivity contribution in [3.8, 4) is 5.75 Å². The SMILES string of the molecule is CC(C)CN(c1cccc(C[C@@H](C)[C@H](Cc2ccccc2)OC(N)=O)c1O)S(=O)(=O)c1ccc(F)cc1. The molecule has 0 saturated carbocycles. The molecule has 3 aromatic rings. The zero-order chi connectivity index (χ0) is 27.2. The molecule has 0 radical (unpaired) electrons. The number of benzene rings is 3. The number of carbonyl (C=O) groups is 1. The lowest BCUT2D eigenvalue weighted by molar-refractivity contribution is 0.0734. The number of hydrogen-bond donors (Lipinski definition) is 2. The van der Waals surface area contributed by atoms with Crippen molar-refractivity contribution in [2.75, 3.05) is 10.8 Å². The zero-order valence-corrected chi connectivity index (χ0v) is 22.0. The number of hydrogen-bond acceptors (Lipinski definition) is 5. The Hall–Kier alpha value is -3.59. The first kappa shape index (κ1) is 28.0. The fourth-order valence-electron chi connectivity index (χ4n) is 4.17. The average molecular weight is 529 g/mol. The van der Waals surface area contributed by atoms with E-state index in [0.29, 0.717) is 18.4 Å². The molecule has 0 fully saturated rings. The standard InChI is InChI=1S/C28H33FN2O5S/c1-19(2)18-31(37(34,35)24-14-12-23(29)13-15-24)25-11-7-10-22(27(25)32)16-20(3)26(36-28(30)33)17-21-8-5-4-6-9-21/h4-15,19-20,26,32H,16-18H2,1-3H3,(H2,30,33)/t20-,26+/m1/s1. The minimum absolute atomic E-state index is 0.0589. The fraction of sp³-hybridized carbons (Fsp3) is 0.321. The van der Waals surface area contributed by atoms with Gasteiger partial charge in [-0.05, 0) is 59.7 Å². The molecule has 0 aromatic heterocycles. The average Bonchev–Trinajstić information content (AvgIpc) is 2.84. The number of halogens is 1. The van der Waals surface area contributed by atoms with E-state index in [-0.39, 0.29) is 34.7 Å². The van der Waals surface area contributed by atoms with Gasteiger partial charge in [-0.2, -0.15) is 0 Å². The molecule has 9 heteroatoms. The second-order valence-electron chi connectivity index (χ2n) is 9.52. The molecule has 2 atom stereocenters. The quantitative estimate of drug-likeness (QED) is 0.352. The Morgan fingerprint density at radius 2 is 1.62 bits per heavy atom. The van der Waals surface area contributed by atoms with Gasteiger partial charge in [0, 0.05) is 13.0 Å². The van der Waals surface area contributed by atoms with Crippen LogP contribution in [0.4, 0.5) is 14.9 Å². The molecule has 7 nitrogen and oxygen atoms in total. The maximum absolute atomic E-state index is 13.5. The number of aromatic hydroxyl groups is 1. The predicted molar refractivity (Wildman–Crippen MR) is 141 cm³/mol. The van der Waals surface area contributed by atoms with Crippen LogP contribution in [-0.4, -0.2) is 32.3 Å². The van der Waals surface area contributed by atoms with Crippen LogP contribution in [0, 0.1) is 17.7 Å². The topological polar surface area (TPSA) is 110 Å². The Balaban J connectivity index is 1.94. The van der Waals surface area contributed by atoms with Crippen molar-refractivity contribution in [2.24, 2.45) is 17.6 Å². The number of primary amides is 1. The summed E-state index contributed by atoms with van der Waals surface area (Å²) < 4.78 is 47.0. The number of nitrogens with zero attached hydrogens (tertiary/aromatic N) is 1. The van der Waals surface area contributed by atoms with Crippen LogP contribution in [0.25, 0.3) is 0 Å². The minimum Gasteiger partial charge on any atom is -0.505 e. The van der Waals surface area contributed by atoms with Gasteiger partial charge in [-0.1, -0.05) is 63.2 Å². The van der Waals surface area contributed by atoms with E-state index in [0.717, 1.165) is 22.0 Å². The van der Waals surface area contributed by atoms with Crippen LogP contribution in [0.5, 0.6) is 5.75 Å². The molecule has 0 spiro atoms. The highest BCUT2D eigenvalue weighted by Gasteiger charge is 2.30. The number of para-hydroxylation sites is 1. The van der Waals surface area contributed by atoms with Gasteiger partial charge in [0.1, 0.15) is 17.7 Å². The van der Waals surface area contributed by atoms with E-state index in [1.54, 1.807) is 12.1 Å². The Kier molecular flexibility index (Phi) is 9.15. The van der Waals surface area contributed by atoms with E-state index in [1.807, 2.05) is 51.1 Å². The second kappa shape index (κ2) is 12.1. The summed E-state index contributed by atoms with van der Waals surface area (Å²) in [7, 11) is -4.09. The first-order valence-corrected chi connectivity index (χ1v) is 13.5. The van der Waals surface area contributed by atoms with Crippen molar-refractivity contribution in [1.29, 1.82) is 0 Å². The first-order chi connectivity index (χ1) is 17.5. The molecule has 0 heterocycles. The number of rotatable bonds is 11. The van der Waals surface area contributed by atoms with Gasteiger partial charge < -0.3 is 15.6 Å². The highest BCUT2D eigenvalue weighted by molar-refractivity contribution is 7.92. The molecule has 0 saturated heterocycles. The Bertz CT molecular complexity index is 1300. The van der Waals surface area contributed by atoms with Crippen LogP contribution in [0.2, 0.25) is 0 Å². The number of anilines is 1. The number of amides is 1. The molecule has 3 rings (SSSR count). The summed E-state index contributed by atoms with van der Waals surface area (Å²) in [4.78, 5) is 11.5. The number of sulfonamides is 1. The lowest BCUT2D eigenvalue weighted by atomic mass is 9.91. The van der Waals surface area contributed by atoms with E-state index >= 15 is 0 Å². The van der Waals surface area contributed by atoms with Crippen molar-refractivity contribution in [1.82, 2.24) is 0 Å². The number of phenols is 1. The molecular formula is C28H33FN2O5S. The molecule has 0 aliphatic carbocycles. The van der Waals surface area contributed by atoms with Crippen LogP contribution < -0.4 is 10.0 Å². The summed E-state index contributed by atoms with van der Waals surface area (Å²) in [6.07, 6.45) is -0.711. The summed E-state index contributed by atoms with van der Waals surface area (Å²) in [5.41, 5.74) is 6.91. The molecule has 0 bridgehead atoms. The highest BCUT2D eigenvalue weighted by Crippen LogP contribution is 2.36. The van der Waals surface area contributed by atoms with Gasteiger partial charge in [0.2, 0.25) is 0 Å². The van der Waals surface area contributed by atoms with Crippen molar-refractivity contribution in [3.05, 3.63) is 89.7 Å². The van der Waals surface area contributed by atoms with Crippen LogP contribution in [0.1, 0.15) is 31.9 Å². The van der Waals surface area contributed by atoms with E-state index in [2.05, 4.69) is 0 Å². The molecule has 0 aliphatic heterocycles. The molecule has 37 heavy (non-hydrogen) atoms. The lowest BCUT2D eigenvalue weighted by Crippen LogP contribution is -2.34. The summed E-state index contributed by atoms with van der Waals surface area (Å²) in [5.74, 6) is -1.04. The maximum atomic E-state index is 13.5. The Labute approximate surface area is 217 Å². The maximum Gasteiger partial charge on any atom is 0.404 e. The Morgan fingerprint density at radius 3 is 2.22 bits per heavy atom. The molecule has 0 aliphatic rings. The Morgan fingerprint density at radius 1 is 0.973 bits per heavy atom. The monoisotopic (exact) mass is 528 g/mol. The second-order valence-corrected chi connectivity index (χ2v) is 11.4. The van der Waals surface area contributed by atoms with Crippen LogP contribution in [0.3, 0.4) is 0 Å². The number of carbonyl (C=O) groups excluding carboxylic acids is 1. The van der Waals surface area contributed by atoms with Crippen molar-refractivity contribution >= 4 is 21.8 Å². The third-order valence-electron chi connectivity index (χ3n) is 6.02. The third kappa shape index (κ3) is 7.22. The summed E-state index contributed by atoms with van der Waals surface area (Å²) in [6, 6.07) is 19.0. The van der Waals surface area contributed by atoms with Crippen molar-refractivity contribution in [2.45, 2.75) is 44.6 Å². The normalized spacial score (nSPS) is 13.2. The molecular weight excluding hydrogens is 495 g/mol. The third-order valence-corrected chi connectivity index (χ3v) is 7.82. The van der Waals surface area contributed by atoms with E-state index in [9.17, 15) is 22.7 Å². The minimum atomic E-state index is -4.09. The lowest BCUT2D eigenvalue weighted by Gasteiger charge is -2.28. The van der Waals surface area contributed by atoms with E-state index in [1.165, 1.54) is 18.2 Å². The fourth-order valence-corrected chi connectivity index (χ4v) is 5.80. The van der Waals surface area contributed by atoms with E-state index in [4.69, 9.17) is 10.5 Å². The molecule has 198 valence electrons. The van der Waals surface area contributed by atoms with Gasteiger partial charge in [-0.15, -0.1) is 0 Å². The first-order valence-electron chi connectivity index (χ1n) is 12.1. The predicted octanol–water partition coefficient (Wildman–Crippen LogP) is 5.27. The van der Waals surface area contributed by atoms with Gasteiger partial charge in [0.25, 0.3) is 10.0 Å². The van der Waals surface area contributed by atoms with Gasteiger partial charge >= 0.3 is 6.09 Å². The largest absolute Gasteiger partial charge is 0.505 e.